The van der Waals surface area contributed by atoms with E-state index in [9.17, 15) is 14.4 Å². The number of hydrogen-bond donors (Lipinski definition) is 3. The zero-order valence-corrected chi connectivity index (χ0v) is 37.3. The molecular formula is C47H74N8O4. The number of alkyl carbamates (subject to hydrolysis) is 1. The smallest absolute Gasteiger partial charge is 0.408 e. The Bertz CT molecular complexity index is 1760. The summed E-state index contributed by atoms with van der Waals surface area (Å²) in [5, 5.41) is 2.88. The Morgan fingerprint density at radius 1 is 1.00 bits per heavy atom. The van der Waals surface area contributed by atoms with Crippen LogP contribution in [0.5, 0.6) is 0 Å². The first kappa shape index (κ1) is 43.5. The minimum Gasteiger partial charge on any atom is -0.444 e. The lowest BCUT2D eigenvalue weighted by atomic mass is 9.59. The molecule has 3 amide bonds. The van der Waals surface area contributed by atoms with Gasteiger partial charge in [-0.3, -0.25) is 19.6 Å². The summed E-state index contributed by atoms with van der Waals surface area (Å²) in [4.78, 5) is 62.3. The van der Waals surface area contributed by atoms with Crippen molar-refractivity contribution in [2.45, 2.75) is 181 Å². The van der Waals surface area contributed by atoms with Crippen molar-refractivity contribution in [2.24, 2.45) is 56.6 Å². The van der Waals surface area contributed by atoms with Crippen LogP contribution in [0.1, 0.15) is 156 Å². The van der Waals surface area contributed by atoms with Crippen LogP contribution in [-0.4, -0.2) is 92.6 Å². The monoisotopic (exact) mass is 815 g/mol. The fourth-order valence-electron chi connectivity index (χ4n) is 11.9. The first-order valence-corrected chi connectivity index (χ1v) is 23.3. The molecular weight excluding hydrogens is 741 g/mol. The number of hydrogen-bond acceptors (Lipinski definition) is 8. The second-order valence-electron chi connectivity index (χ2n) is 20.6. The molecule has 12 nitrogen and oxygen atoms in total. The molecule has 59 heavy (non-hydrogen) atoms. The highest BCUT2D eigenvalue weighted by molar-refractivity contribution is 6.33. The molecule has 7 atom stereocenters. The summed E-state index contributed by atoms with van der Waals surface area (Å²) in [5.41, 5.74) is 10.1. The number of aliphatic imine (C=N–C) groups is 2. The van der Waals surface area contributed by atoms with E-state index < -0.39 is 23.8 Å². The summed E-state index contributed by atoms with van der Waals surface area (Å²) < 4.78 is 5.52. The Morgan fingerprint density at radius 2 is 1.71 bits per heavy atom. The second kappa shape index (κ2) is 17.8. The van der Waals surface area contributed by atoms with E-state index in [0.717, 1.165) is 43.6 Å². The van der Waals surface area contributed by atoms with E-state index in [1.165, 1.54) is 57.1 Å². The zero-order valence-electron chi connectivity index (χ0n) is 37.3. The molecule has 1 aromatic rings. The lowest BCUT2D eigenvalue weighted by Gasteiger charge is -2.45. The zero-order chi connectivity index (χ0) is 42.2. The highest BCUT2D eigenvalue weighted by atomic mass is 16.6. The van der Waals surface area contributed by atoms with Crippen molar-refractivity contribution in [3.63, 3.8) is 0 Å². The molecule has 4 aliphatic carbocycles. The van der Waals surface area contributed by atoms with Gasteiger partial charge in [-0.25, -0.2) is 9.78 Å². The minimum atomic E-state index is -0.668. The number of nitrogens with two attached hydrogens (primary N) is 1. The van der Waals surface area contributed by atoms with Crippen LogP contribution in [0.4, 0.5) is 4.79 Å². The number of H-pyrrole nitrogens is 1. The number of nitrogens with one attached hydrogen (secondary N) is 2. The van der Waals surface area contributed by atoms with Crippen LogP contribution in [0.25, 0.3) is 0 Å². The van der Waals surface area contributed by atoms with Crippen molar-refractivity contribution in [1.82, 2.24) is 25.1 Å². The molecule has 0 bridgehead atoms. The molecule has 1 spiro atoms. The van der Waals surface area contributed by atoms with Gasteiger partial charge < -0.3 is 30.6 Å². The molecule has 0 radical (unpaired) electrons. The van der Waals surface area contributed by atoms with Gasteiger partial charge in [0.2, 0.25) is 11.8 Å². The average molecular weight is 815 g/mol. The molecule has 1 aromatic heterocycles. The number of imidazole rings is 1. The molecule has 7 unspecified atom stereocenters. The van der Waals surface area contributed by atoms with Crippen molar-refractivity contribution in [3.05, 3.63) is 29.4 Å². The normalized spacial score (nSPS) is 30.1. The quantitative estimate of drug-likeness (QED) is 0.182. The fraction of sp³-hybridized carbons (Fsp3) is 0.787. The third kappa shape index (κ3) is 9.23. The summed E-state index contributed by atoms with van der Waals surface area (Å²) in [6, 6.07) is -1.27. The first-order valence-electron chi connectivity index (χ1n) is 23.3. The summed E-state index contributed by atoms with van der Waals surface area (Å²) in [6.07, 6.45) is 21.3. The third-order valence-electron chi connectivity index (χ3n) is 15.0. The molecule has 7 rings (SSSR count). The first-order chi connectivity index (χ1) is 28.1. The topological polar surface area (TPSA) is 158 Å². The summed E-state index contributed by atoms with van der Waals surface area (Å²) in [7, 11) is 0. The van der Waals surface area contributed by atoms with Gasteiger partial charge in [0, 0.05) is 43.0 Å². The average Bonchev–Trinajstić information content (AvgIpc) is 4.06. The van der Waals surface area contributed by atoms with Crippen LogP contribution in [0.15, 0.2) is 27.8 Å². The van der Waals surface area contributed by atoms with E-state index in [2.05, 4.69) is 22.6 Å². The summed E-state index contributed by atoms with van der Waals surface area (Å²) >= 11 is 0. The van der Waals surface area contributed by atoms with Crippen LogP contribution < -0.4 is 11.1 Å². The number of ether oxygens (including phenoxy) is 1. The van der Waals surface area contributed by atoms with Crippen molar-refractivity contribution in [1.29, 1.82) is 0 Å². The highest BCUT2D eigenvalue weighted by Gasteiger charge is 2.56. The third-order valence-corrected chi connectivity index (χ3v) is 15.0. The molecule has 0 aromatic carbocycles. The number of amides is 3. The van der Waals surface area contributed by atoms with Gasteiger partial charge >= 0.3 is 6.09 Å². The number of likely N-dealkylation sites (N-methyl/N-ethyl adjacent to an activating group) is 1. The number of rotatable bonds is 12. The number of fused-ring (bicyclic) bond motifs is 2. The maximum Gasteiger partial charge on any atom is 0.408 e. The summed E-state index contributed by atoms with van der Waals surface area (Å²) in [5.74, 6) is 3.41. The largest absolute Gasteiger partial charge is 0.444 e. The molecule has 1 saturated heterocycles. The van der Waals surface area contributed by atoms with Gasteiger partial charge in [-0.05, 0) is 133 Å². The molecule has 326 valence electrons. The maximum absolute atomic E-state index is 14.1. The molecule has 4 fully saturated rings. The van der Waals surface area contributed by atoms with Crippen molar-refractivity contribution in [3.8, 4) is 0 Å². The van der Waals surface area contributed by atoms with E-state index in [0.29, 0.717) is 54.6 Å². The molecule has 12 heteroatoms. The predicted molar refractivity (Wildman–Crippen MR) is 233 cm³/mol. The lowest BCUT2D eigenvalue weighted by Crippen LogP contribution is -2.54. The molecule has 4 N–H and O–H groups in total. The second-order valence-corrected chi connectivity index (χ2v) is 20.6. The Kier molecular flexibility index (Phi) is 13.2. The Balaban J connectivity index is 1.02. The Hall–Kier alpha value is -3.54. The van der Waals surface area contributed by atoms with Crippen LogP contribution in [0.3, 0.4) is 0 Å². The lowest BCUT2D eigenvalue weighted by molar-refractivity contribution is -0.136. The standard InChI is InChI=1S/C47H74N8O4/c1-9-54(43(56)40(48)28(2)3)27-38-49-25-35(51-38)31-16-14-30(15-17-31)32-18-19-33(34-20-23-47(39(32)34)21-10-11-22-47)36-26-50-42(52-36)37-13-12-24-55(37)44(57)41(29(4)5)53-45(58)59-46(6,7)8/h18,25-26,28-31,33-34,37,39-42H,9-17,19-24,27,48H2,1-8H3,(H,49,51)(H,53,58). The highest BCUT2D eigenvalue weighted by Crippen LogP contribution is 2.64. The van der Waals surface area contributed by atoms with Gasteiger partial charge in [0.1, 0.15) is 17.5 Å². The van der Waals surface area contributed by atoms with Gasteiger partial charge in [-0.1, -0.05) is 52.2 Å². The number of likely N-dealkylation sites (tertiary alicyclic amines) is 1. The van der Waals surface area contributed by atoms with Crippen LogP contribution in [0.2, 0.25) is 0 Å². The number of aromatic nitrogens is 2. The number of allylic oxidation sites excluding steroid dienone is 2. The Labute approximate surface area is 353 Å². The van der Waals surface area contributed by atoms with Gasteiger partial charge in [-0.15, -0.1) is 0 Å². The van der Waals surface area contributed by atoms with Gasteiger partial charge in [0.15, 0.2) is 6.17 Å². The van der Waals surface area contributed by atoms with Crippen molar-refractivity contribution in [2.75, 3.05) is 13.1 Å². The van der Waals surface area contributed by atoms with Crippen LogP contribution in [-0.2, 0) is 20.9 Å². The molecule has 3 saturated carbocycles. The van der Waals surface area contributed by atoms with E-state index in [-0.39, 0.29) is 35.9 Å². The molecule has 6 aliphatic rings. The molecule has 3 heterocycles. The van der Waals surface area contributed by atoms with Gasteiger partial charge in [-0.2, -0.15) is 0 Å². The Morgan fingerprint density at radius 3 is 2.37 bits per heavy atom. The maximum atomic E-state index is 14.1. The number of carbonyl (C=O) groups excluding carboxylic acids is 3. The summed E-state index contributed by atoms with van der Waals surface area (Å²) in [6.45, 7) is 17.1. The number of nitrogens with zero attached hydrogens (tertiary/aromatic N) is 5. The van der Waals surface area contributed by atoms with E-state index in [1.807, 2.05) is 71.4 Å². The SMILES string of the molecule is CCN(Cc1ncc(C2CCC(C3=CCC(C4=NC(C5CCCN5C(=O)C(NC(=O)OC(C)(C)C)C(C)C)N=C4)C4CCC5(CCCC5)C34)CC2)[nH]1)C(=O)C(N)C(C)C. The van der Waals surface area contributed by atoms with Gasteiger partial charge in [0.25, 0.3) is 0 Å². The number of aromatic amines is 1. The van der Waals surface area contributed by atoms with Crippen LogP contribution >= 0.6 is 0 Å². The van der Waals surface area contributed by atoms with Gasteiger partial charge in [0.05, 0.1) is 24.3 Å². The van der Waals surface area contributed by atoms with E-state index >= 15 is 0 Å². The van der Waals surface area contributed by atoms with Crippen molar-refractivity contribution >= 4 is 29.8 Å². The van der Waals surface area contributed by atoms with Crippen molar-refractivity contribution < 1.29 is 19.1 Å². The fourth-order valence-corrected chi connectivity index (χ4v) is 11.9. The van der Waals surface area contributed by atoms with Crippen LogP contribution in [0, 0.1) is 40.9 Å². The van der Waals surface area contributed by atoms with E-state index in [1.54, 1.807) is 5.57 Å². The van der Waals surface area contributed by atoms with E-state index in [4.69, 9.17) is 25.4 Å². The molecule has 2 aliphatic heterocycles. The minimum absolute atomic E-state index is 0.0143. The predicted octanol–water partition coefficient (Wildman–Crippen LogP) is 7.94. The number of carbonyl (C=O) groups is 3.